The summed E-state index contributed by atoms with van der Waals surface area (Å²) in [4.78, 5) is 25.8. The summed E-state index contributed by atoms with van der Waals surface area (Å²) in [5.74, 6) is -0.303. The lowest BCUT2D eigenvalue weighted by atomic mass is 10.1. The first-order valence-electron chi connectivity index (χ1n) is 7.74. The molecule has 0 saturated carbocycles. The number of imide groups is 1. The molecule has 3 rings (SSSR count). The van der Waals surface area contributed by atoms with E-state index < -0.39 is 0 Å². The first-order chi connectivity index (χ1) is 11.6. The molecule has 2 aromatic carbocycles. The molecule has 0 radical (unpaired) electrons. The Morgan fingerprint density at radius 1 is 1.00 bits per heavy atom. The Balaban J connectivity index is 1.77. The lowest BCUT2D eigenvalue weighted by Gasteiger charge is -2.11. The highest BCUT2D eigenvalue weighted by molar-refractivity contribution is 9.10. The number of rotatable bonds is 4. The van der Waals surface area contributed by atoms with Gasteiger partial charge in [-0.15, -0.1) is 0 Å². The molecule has 1 aliphatic heterocycles. The van der Waals surface area contributed by atoms with E-state index in [0.29, 0.717) is 5.70 Å². The van der Waals surface area contributed by atoms with E-state index in [2.05, 4.69) is 28.2 Å². The fourth-order valence-corrected chi connectivity index (χ4v) is 2.77. The van der Waals surface area contributed by atoms with Crippen molar-refractivity contribution in [1.29, 1.82) is 0 Å². The van der Waals surface area contributed by atoms with Crippen molar-refractivity contribution in [3.8, 4) is 0 Å². The van der Waals surface area contributed by atoms with Crippen LogP contribution in [-0.2, 0) is 17.8 Å². The maximum atomic E-state index is 12.5. The first kappa shape index (κ1) is 16.5. The van der Waals surface area contributed by atoms with Crippen molar-refractivity contribution in [2.75, 3.05) is 0 Å². The number of nitrogens with one attached hydrogen (secondary N) is 1. The van der Waals surface area contributed by atoms with Gasteiger partial charge in [-0.05, 0) is 41.3 Å². The van der Waals surface area contributed by atoms with E-state index in [1.165, 1.54) is 10.5 Å². The Morgan fingerprint density at radius 3 is 2.25 bits per heavy atom. The van der Waals surface area contributed by atoms with E-state index in [9.17, 15) is 9.59 Å². The number of hydrogen-bond donors (Lipinski definition) is 1. The second kappa shape index (κ2) is 7.01. The highest BCUT2D eigenvalue weighted by Gasteiger charge is 2.33. The molecule has 2 aromatic rings. The van der Waals surface area contributed by atoms with Crippen LogP contribution >= 0.6 is 15.9 Å². The summed E-state index contributed by atoms with van der Waals surface area (Å²) >= 11 is 3.37. The van der Waals surface area contributed by atoms with Crippen LogP contribution in [0.3, 0.4) is 0 Å². The van der Waals surface area contributed by atoms with Gasteiger partial charge in [-0.1, -0.05) is 59.3 Å². The van der Waals surface area contributed by atoms with Crippen LogP contribution < -0.4 is 5.32 Å². The SMILES string of the molecule is CCc1ccc(C=C2NC(=O)N(Cc3ccc(Br)cc3)C2=O)cc1. The minimum Gasteiger partial charge on any atom is -0.303 e. The fourth-order valence-electron chi connectivity index (χ4n) is 2.50. The molecule has 0 atom stereocenters. The molecular weight excluding hydrogens is 368 g/mol. The second-order valence-corrected chi connectivity index (χ2v) is 6.52. The molecule has 1 aliphatic rings. The molecule has 3 amide bonds. The third-order valence-corrected chi connectivity index (χ3v) is 4.44. The molecule has 1 N–H and O–H groups in total. The van der Waals surface area contributed by atoms with Crippen molar-refractivity contribution in [2.24, 2.45) is 0 Å². The van der Waals surface area contributed by atoms with Crippen molar-refractivity contribution in [3.05, 3.63) is 75.4 Å². The maximum absolute atomic E-state index is 12.5. The normalized spacial score (nSPS) is 15.9. The third-order valence-electron chi connectivity index (χ3n) is 3.92. The van der Waals surface area contributed by atoms with Crippen LogP contribution in [0.1, 0.15) is 23.6 Å². The Labute approximate surface area is 149 Å². The number of carbonyl (C=O) groups is 2. The number of nitrogens with zero attached hydrogens (tertiary/aromatic N) is 1. The second-order valence-electron chi connectivity index (χ2n) is 5.60. The van der Waals surface area contributed by atoms with Gasteiger partial charge in [0.05, 0.1) is 6.54 Å². The van der Waals surface area contributed by atoms with Crippen molar-refractivity contribution < 1.29 is 9.59 Å². The monoisotopic (exact) mass is 384 g/mol. The topological polar surface area (TPSA) is 49.4 Å². The number of urea groups is 1. The molecule has 4 nitrogen and oxygen atoms in total. The van der Waals surface area contributed by atoms with Crippen LogP contribution in [0, 0.1) is 0 Å². The van der Waals surface area contributed by atoms with Crippen LogP contribution in [0.15, 0.2) is 58.7 Å². The number of amides is 3. The summed E-state index contributed by atoms with van der Waals surface area (Å²) in [7, 11) is 0. The predicted molar refractivity (Wildman–Crippen MR) is 97.0 cm³/mol. The highest BCUT2D eigenvalue weighted by Crippen LogP contribution is 2.18. The summed E-state index contributed by atoms with van der Waals surface area (Å²) in [6.45, 7) is 2.35. The average Bonchev–Trinajstić information content (AvgIpc) is 2.85. The molecule has 0 aromatic heterocycles. The van der Waals surface area contributed by atoms with Gasteiger partial charge in [0, 0.05) is 4.47 Å². The Morgan fingerprint density at radius 2 is 1.62 bits per heavy atom. The minimum absolute atomic E-state index is 0.254. The average molecular weight is 385 g/mol. The Hall–Kier alpha value is -2.40. The van der Waals surface area contributed by atoms with Gasteiger partial charge in [-0.3, -0.25) is 9.69 Å². The quantitative estimate of drug-likeness (QED) is 0.636. The van der Waals surface area contributed by atoms with Gasteiger partial charge in [0.15, 0.2) is 0 Å². The van der Waals surface area contributed by atoms with Gasteiger partial charge >= 0.3 is 6.03 Å². The predicted octanol–water partition coefficient (Wildman–Crippen LogP) is 4.10. The maximum Gasteiger partial charge on any atom is 0.329 e. The molecule has 0 spiro atoms. The molecule has 1 saturated heterocycles. The van der Waals surface area contributed by atoms with Crippen LogP contribution in [0.2, 0.25) is 0 Å². The minimum atomic E-state index is -0.389. The van der Waals surface area contributed by atoms with Crippen molar-refractivity contribution in [1.82, 2.24) is 10.2 Å². The van der Waals surface area contributed by atoms with Crippen LogP contribution in [0.25, 0.3) is 6.08 Å². The van der Waals surface area contributed by atoms with Crippen LogP contribution in [-0.4, -0.2) is 16.8 Å². The molecule has 1 fully saturated rings. The van der Waals surface area contributed by atoms with Crippen molar-refractivity contribution in [3.63, 3.8) is 0 Å². The molecule has 122 valence electrons. The summed E-state index contributed by atoms with van der Waals surface area (Å²) in [5.41, 5.74) is 3.33. The van der Waals surface area contributed by atoms with E-state index in [-0.39, 0.29) is 18.5 Å². The van der Waals surface area contributed by atoms with E-state index in [0.717, 1.165) is 22.0 Å². The van der Waals surface area contributed by atoms with E-state index in [4.69, 9.17) is 0 Å². The lowest BCUT2D eigenvalue weighted by molar-refractivity contribution is -0.123. The summed E-state index contributed by atoms with van der Waals surface area (Å²) in [5, 5.41) is 2.65. The standard InChI is InChI=1S/C19H17BrN2O2/c1-2-13-3-5-14(6-4-13)11-17-18(23)22(19(24)21-17)12-15-7-9-16(20)10-8-15/h3-11H,2,12H2,1H3,(H,21,24). The van der Waals surface area contributed by atoms with Crippen LogP contribution in [0.4, 0.5) is 4.79 Å². The number of benzene rings is 2. The zero-order valence-corrected chi connectivity index (χ0v) is 14.8. The van der Waals surface area contributed by atoms with Crippen molar-refractivity contribution >= 4 is 33.9 Å². The number of carbonyl (C=O) groups excluding carboxylic acids is 2. The number of hydrogen-bond acceptors (Lipinski definition) is 2. The molecule has 1 heterocycles. The third kappa shape index (κ3) is 3.57. The number of halogens is 1. The zero-order valence-electron chi connectivity index (χ0n) is 13.3. The van der Waals surface area contributed by atoms with Crippen molar-refractivity contribution in [2.45, 2.75) is 19.9 Å². The summed E-state index contributed by atoms with van der Waals surface area (Å²) < 4.78 is 0.958. The van der Waals surface area contributed by atoms with Gasteiger partial charge in [0.25, 0.3) is 5.91 Å². The lowest BCUT2D eigenvalue weighted by Crippen LogP contribution is -2.30. The van der Waals surface area contributed by atoms with Crippen LogP contribution in [0.5, 0.6) is 0 Å². The zero-order chi connectivity index (χ0) is 17.1. The highest BCUT2D eigenvalue weighted by atomic mass is 79.9. The molecule has 0 bridgehead atoms. The molecule has 24 heavy (non-hydrogen) atoms. The Bertz CT molecular complexity index is 795. The summed E-state index contributed by atoms with van der Waals surface area (Å²) in [6, 6.07) is 15.1. The smallest absolute Gasteiger partial charge is 0.303 e. The van der Waals surface area contributed by atoms with Gasteiger partial charge < -0.3 is 5.32 Å². The molecule has 5 heteroatoms. The van der Waals surface area contributed by atoms with Gasteiger partial charge in [0.1, 0.15) is 5.70 Å². The van der Waals surface area contributed by atoms with Gasteiger partial charge in [-0.2, -0.15) is 0 Å². The molecule has 0 unspecified atom stereocenters. The Kier molecular flexibility index (Phi) is 4.81. The number of aryl methyl sites for hydroxylation is 1. The largest absolute Gasteiger partial charge is 0.329 e. The fraction of sp³-hybridized carbons (Fsp3) is 0.158. The summed E-state index contributed by atoms with van der Waals surface area (Å²) in [6.07, 6.45) is 2.68. The van der Waals surface area contributed by atoms with Gasteiger partial charge in [0.2, 0.25) is 0 Å². The molecular formula is C19H17BrN2O2. The van der Waals surface area contributed by atoms with E-state index >= 15 is 0 Å². The van der Waals surface area contributed by atoms with E-state index in [1.54, 1.807) is 6.08 Å². The first-order valence-corrected chi connectivity index (χ1v) is 8.54. The van der Waals surface area contributed by atoms with Gasteiger partial charge in [-0.25, -0.2) is 4.79 Å². The van der Waals surface area contributed by atoms with E-state index in [1.807, 2.05) is 48.5 Å². The molecule has 0 aliphatic carbocycles.